The van der Waals surface area contributed by atoms with Gasteiger partial charge in [-0.3, -0.25) is 0 Å². The van der Waals surface area contributed by atoms with Gasteiger partial charge in [-0.15, -0.1) is 0 Å². The first-order valence-corrected chi connectivity index (χ1v) is 10.7. The van der Waals surface area contributed by atoms with Gasteiger partial charge in [0, 0.05) is 24.0 Å². The molecule has 2 atom stereocenters. The molecule has 0 saturated carbocycles. The molecule has 0 bridgehead atoms. The lowest BCUT2D eigenvalue weighted by molar-refractivity contribution is -0.967. The van der Waals surface area contributed by atoms with Crippen LogP contribution in [0.5, 0.6) is 23.0 Å². The van der Waals surface area contributed by atoms with E-state index in [1.54, 1.807) is 14.2 Å². The Bertz CT molecular complexity index is 1040. The van der Waals surface area contributed by atoms with Gasteiger partial charge in [-0.25, -0.2) is 4.79 Å². The summed E-state index contributed by atoms with van der Waals surface area (Å²) >= 11 is 0. The number of quaternary nitrogens is 1. The standard InChI is InChI=1S/C24H28NO6.BrH/c1-4-29-24(26)13-25-6-5-15-8-22-23(31-14-30-22)11-18(15)19(25)7-16-9-20(27-2)21(28-3)10-17(16)12-25;/h8-11,19H,4-7,12-14H2,1-3H3;1H/q+1;/p-1. The maximum atomic E-state index is 12.7. The topological polar surface area (TPSA) is 63.2 Å². The second-order valence-electron chi connectivity index (χ2n) is 8.41. The van der Waals surface area contributed by atoms with Crippen molar-refractivity contribution in [3.63, 3.8) is 0 Å². The number of esters is 1. The Balaban J connectivity index is 0.00000245. The van der Waals surface area contributed by atoms with Crippen molar-refractivity contribution >= 4 is 5.97 Å². The Labute approximate surface area is 198 Å². The maximum absolute atomic E-state index is 12.7. The number of rotatable bonds is 5. The number of hydrogen-bond donors (Lipinski definition) is 0. The highest BCUT2D eigenvalue weighted by atomic mass is 79.9. The lowest BCUT2D eigenvalue weighted by Gasteiger charge is -2.50. The molecule has 32 heavy (non-hydrogen) atoms. The highest BCUT2D eigenvalue weighted by molar-refractivity contribution is 5.70. The fraction of sp³-hybridized carbons (Fsp3) is 0.458. The highest BCUT2D eigenvalue weighted by Crippen LogP contribution is 2.49. The van der Waals surface area contributed by atoms with Crippen molar-refractivity contribution in [3.05, 3.63) is 46.5 Å². The number of hydrogen-bond acceptors (Lipinski definition) is 6. The van der Waals surface area contributed by atoms with Crippen molar-refractivity contribution in [3.8, 4) is 23.0 Å². The minimum atomic E-state index is -0.152. The largest absolute Gasteiger partial charge is 1.00 e. The predicted molar refractivity (Wildman–Crippen MR) is 113 cm³/mol. The molecule has 0 saturated heterocycles. The zero-order valence-electron chi connectivity index (χ0n) is 18.6. The van der Waals surface area contributed by atoms with Gasteiger partial charge in [0.2, 0.25) is 6.79 Å². The van der Waals surface area contributed by atoms with E-state index in [1.165, 1.54) is 22.3 Å². The number of methoxy groups -OCH3 is 2. The van der Waals surface area contributed by atoms with Gasteiger partial charge < -0.3 is 45.1 Å². The molecule has 7 nitrogen and oxygen atoms in total. The molecule has 0 spiro atoms. The second kappa shape index (κ2) is 8.83. The van der Waals surface area contributed by atoms with E-state index in [1.807, 2.05) is 6.92 Å². The van der Waals surface area contributed by atoms with Gasteiger partial charge in [-0.2, -0.15) is 0 Å². The van der Waals surface area contributed by atoms with Crippen molar-refractivity contribution < 1.29 is 49.9 Å². The van der Waals surface area contributed by atoms with Crippen LogP contribution in [0.4, 0.5) is 0 Å². The van der Waals surface area contributed by atoms with Crippen LogP contribution < -0.4 is 35.9 Å². The SMILES string of the molecule is CCOC(=O)C[N+]12CCc3cc4c(cc3C1Cc1cc(OC)c(OC)cc1C2)OCO4.[Br-]. The number of carbonyl (C=O) groups is 1. The van der Waals surface area contributed by atoms with E-state index in [2.05, 4.69) is 24.3 Å². The fourth-order valence-electron chi connectivity index (χ4n) is 5.37. The monoisotopic (exact) mass is 505 g/mol. The van der Waals surface area contributed by atoms with Crippen LogP contribution in [0.15, 0.2) is 24.3 Å². The minimum Gasteiger partial charge on any atom is -1.00 e. The van der Waals surface area contributed by atoms with Gasteiger partial charge in [-0.1, -0.05) is 0 Å². The van der Waals surface area contributed by atoms with Crippen molar-refractivity contribution in [2.24, 2.45) is 0 Å². The third kappa shape index (κ3) is 3.69. The maximum Gasteiger partial charge on any atom is 0.361 e. The molecule has 3 heterocycles. The van der Waals surface area contributed by atoms with Crippen LogP contribution in [0.1, 0.15) is 35.2 Å². The molecule has 0 amide bonds. The Hall–Kier alpha value is -2.45. The van der Waals surface area contributed by atoms with E-state index in [-0.39, 0.29) is 35.8 Å². The van der Waals surface area contributed by atoms with E-state index in [4.69, 9.17) is 23.7 Å². The Morgan fingerprint density at radius 1 is 1.03 bits per heavy atom. The number of benzene rings is 2. The van der Waals surface area contributed by atoms with Gasteiger partial charge in [0.1, 0.15) is 12.6 Å². The molecule has 2 aromatic carbocycles. The molecule has 3 aliphatic heterocycles. The van der Waals surface area contributed by atoms with Gasteiger partial charge in [0.15, 0.2) is 29.5 Å². The number of ether oxygens (including phenoxy) is 5. The van der Waals surface area contributed by atoms with Gasteiger partial charge in [-0.05, 0) is 42.3 Å². The number of fused-ring (bicyclic) bond motifs is 5. The molecule has 5 rings (SSSR count). The molecule has 8 heteroatoms. The average molecular weight is 506 g/mol. The Kier molecular flexibility index (Phi) is 6.27. The van der Waals surface area contributed by atoms with Crippen LogP contribution in [-0.2, 0) is 28.9 Å². The first kappa shape index (κ1) is 22.7. The molecule has 172 valence electrons. The number of nitrogens with zero attached hydrogens (tertiary/aromatic N) is 1. The summed E-state index contributed by atoms with van der Waals surface area (Å²) in [5.41, 5.74) is 4.93. The molecule has 0 radical (unpaired) electrons. The van der Waals surface area contributed by atoms with Crippen LogP contribution in [0, 0.1) is 0 Å². The minimum absolute atomic E-state index is 0. The van der Waals surface area contributed by atoms with Crippen LogP contribution >= 0.6 is 0 Å². The summed E-state index contributed by atoms with van der Waals surface area (Å²) in [5.74, 6) is 2.89. The summed E-state index contributed by atoms with van der Waals surface area (Å²) in [6.45, 7) is 4.45. The first-order valence-electron chi connectivity index (χ1n) is 10.7. The summed E-state index contributed by atoms with van der Waals surface area (Å²) in [7, 11) is 3.31. The normalized spacial score (nSPS) is 22.0. The summed E-state index contributed by atoms with van der Waals surface area (Å²) in [5, 5.41) is 0. The van der Waals surface area contributed by atoms with Gasteiger partial charge in [0.25, 0.3) is 0 Å². The van der Waals surface area contributed by atoms with Crippen molar-refractivity contribution in [1.82, 2.24) is 0 Å². The molecule has 3 aliphatic rings. The van der Waals surface area contributed by atoms with E-state index in [9.17, 15) is 4.79 Å². The summed E-state index contributed by atoms with van der Waals surface area (Å²) < 4.78 is 28.4. The smallest absolute Gasteiger partial charge is 0.361 e. The predicted octanol–water partition coefficient (Wildman–Crippen LogP) is 0.170. The van der Waals surface area contributed by atoms with Gasteiger partial charge in [0.05, 0.1) is 27.4 Å². The third-order valence-electron chi connectivity index (χ3n) is 6.83. The Morgan fingerprint density at radius 3 is 2.41 bits per heavy atom. The molecular formula is C24H28BrNO6. The first-order chi connectivity index (χ1) is 15.1. The Morgan fingerprint density at radius 2 is 1.72 bits per heavy atom. The molecule has 0 aliphatic carbocycles. The van der Waals surface area contributed by atoms with Crippen LogP contribution in [0.2, 0.25) is 0 Å². The summed E-state index contributed by atoms with van der Waals surface area (Å²) in [6.07, 6.45) is 1.69. The lowest BCUT2D eigenvalue weighted by atomic mass is 9.81. The molecule has 2 aromatic rings. The zero-order valence-corrected chi connectivity index (χ0v) is 20.2. The van der Waals surface area contributed by atoms with Crippen LogP contribution in [-0.4, -0.2) is 51.2 Å². The summed E-state index contributed by atoms with van der Waals surface area (Å²) in [4.78, 5) is 12.7. The summed E-state index contributed by atoms with van der Waals surface area (Å²) in [6, 6.07) is 8.50. The van der Waals surface area contributed by atoms with E-state index in [0.717, 1.165) is 48.9 Å². The zero-order chi connectivity index (χ0) is 21.6. The molecule has 2 unspecified atom stereocenters. The molecular weight excluding hydrogens is 478 g/mol. The van der Waals surface area contributed by atoms with Gasteiger partial charge >= 0.3 is 5.97 Å². The number of carbonyl (C=O) groups excluding carboxylic acids is 1. The van der Waals surface area contributed by atoms with E-state index >= 15 is 0 Å². The van der Waals surface area contributed by atoms with Crippen LogP contribution in [0.25, 0.3) is 0 Å². The van der Waals surface area contributed by atoms with E-state index < -0.39 is 0 Å². The van der Waals surface area contributed by atoms with Crippen LogP contribution in [0.3, 0.4) is 0 Å². The average Bonchev–Trinajstić information content (AvgIpc) is 3.23. The quantitative estimate of drug-likeness (QED) is 0.426. The van der Waals surface area contributed by atoms with E-state index in [0.29, 0.717) is 17.6 Å². The second-order valence-corrected chi connectivity index (χ2v) is 8.41. The third-order valence-corrected chi connectivity index (χ3v) is 6.83. The highest BCUT2D eigenvalue weighted by Gasteiger charge is 2.48. The van der Waals surface area contributed by atoms with Crippen molar-refractivity contribution in [2.45, 2.75) is 32.4 Å². The molecule has 0 N–H and O–H groups in total. The number of halogens is 1. The van der Waals surface area contributed by atoms with Crippen molar-refractivity contribution in [1.29, 1.82) is 0 Å². The fourth-order valence-corrected chi connectivity index (χ4v) is 5.37. The van der Waals surface area contributed by atoms with Crippen molar-refractivity contribution in [2.75, 3.05) is 40.7 Å². The lowest BCUT2D eigenvalue weighted by Crippen LogP contribution is -3.00. The molecule has 0 fully saturated rings. The molecule has 0 aromatic heterocycles.